The summed E-state index contributed by atoms with van der Waals surface area (Å²) in [5, 5.41) is 3.26. The van der Waals surface area contributed by atoms with Gasteiger partial charge in [-0.25, -0.2) is 9.97 Å². The molecule has 2 aromatic heterocycles. The fourth-order valence-corrected chi connectivity index (χ4v) is 1.65. The molecule has 0 bridgehead atoms. The zero-order valence-corrected chi connectivity index (χ0v) is 9.64. The minimum Gasteiger partial charge on any atom is -0.370 e. The summed E-state index contributed by atoms with van der Waals surface area (Å²) in [6.07, 6.45) is 5.61. The summed E-state index contributed by atoms with van der Waals surface area (Å²) in [5.41, 5.74) is 1.19. The molecule has 0 unspecified atom stereocenters. The van der Waals surface area contributed by atoms with Crippen molar-refractivity contribution >= 4 is 5.82 Å². The van der Waals surface area contributed by atoms with Gasteiger partial charge in [0, 0.05) is 30.7 Å². The van der Waals surface area contributed by atoms with E-state index in [4.69, 9.17) is 0 Å². The van der Waals surface area contributed by atoms with Gasteiger partial charge in [0.15, 0.2) is 0 Å². The Morgan fingerprint density at radius 3 is 2.88 bits per heavy atom. The number of nitrogens with zero attached hydrogens (tertiary/aromatic N) is 3. The first-order valence-corrected chi connectivity index (χ1v) is 5.46. The van der Waals surface area contributed by atoms with Gasteiger partial charge in [-0.2, -0.15) is 0 Å². The topological polar surface area (TPSA) is 42.7 Å². The average molecular weight is 216 g/mol. The number of hydrogen-bond acceptors (Lipinski definition) is 3. The second-order valence-electron chi connectivity index (χ2n) is 3.64. The van der Waals surface area contributed by atoms with Crippen LogP contribution in [0.4, 0.5) is 5.82 Å². The molecule has 0 spiro atoms. The molecule has 4 heteroatoms. The van der Waals surface area contributed by atoms with Crippen molar-refractivity contribution in [1.29, 1.82) is 0 Å². The monoisotopic (exact) mass is 216 g/mol. The van der Waals surface area contributed by atoms with E-state index in [1.165, 1.54) is 5.56 Å². The molecule has 2 heterocycles. The van der Waals surface area contributed by atoms with Crippen molar-refractivity contribution in [1.82, 2.24) is 14.5 Å². The van der Waals surface area contributed by atoms with Gasteiger partial charge in [-0.15, -0.1) is 0 Å². The van der Waals surface area contributed by atoms with Gasteiger partial charge in [0.25, 0.3) is 0 Å². The molecular weight excluding hydrogens is 200 g/mol. The third-order valence-electron chi connectivity index (χ3n) is 2.50. The number of pyridine rings is 1. The molecule has 0 saturated carbocycles. The Morgan fingerprint density at radius 1 is 1.31 bits per heavy atom. The number of rotatable bonds is 4. The molecule has 0 aliphatic rings. The van der Waals surface area contributed by atoms with Gasteiger partial charge < -0.3 is 9.88 Å². The Kier molecular flexibility index (Phi) is 3.19. The molecule has 0 aliphatic heterocycles. The summed E-state index contributed by atoms with van der Waals surface area (Å²) in [5.74, 6) is 1.98. The summed E-state index contributed by atoms with van der Waals surface area (Å²) >= 11 is 0. The SMILES string of the molecule is CCNc1ncccc1Cn1ccnc1C. The van der Waals surface area contributed by atoms with Gasteiger partial charge in [-0.05, 0) is 19.9 Å². The summed E-state index contributed by atoms with van der Waals surface area (Å²) in [7, 11) is 0. The lowest BCUT2D eigenvalue weighted by molar-refractivity contribution is 0.759. The standard InChI is InChI=1S/C12H16N4/c1-3-13-12-11(5-4-6-15-12)9-16-8-7-14-10(16)2/h4-8H,3,9H2,1-2H3,(H,13,15). The van der Waals surface area contributed by atoms with Crippen LogP contribution in [-0.2, 0) is 6.54 Å². The van der Waals surface area contributed by atoms with E-state index >= 15 is 0 Å². The Morgan fingerprint density at radius 2 is 2.19 bits per heavy atom. The number of aryl methyl sites for hydroxylation is 1. The maximum atomic E-state index is 4.33. The lowest BCUT2D eigenvalue weighted by Gasteiger charge is -2.10. The molecule has 0 radical (unpaired) electrons. The normalized spacial score (nSPS) is 10.4. The Balaban J connectivity index is 2.24. The van der Waals surface area contributed by atoms with Gasteiger partial charge in [-0.1, -0.05) is 6.07 Å². The highest BCUT2D eigenvalue weighted by molar-refractivity contribution is 5.43. The van der Waals surface area contributed by atoms with Crippen LogP contribution in [0, 0.1) is 6.92 Å². The van der Waals surface area contributed by atoms with E-state index in [1.807, 2.05) is 31.6 Å². The average Bonchev–Trinajstić information content (AvgIpc) is 2.68. The van der Waals surface area contributed by atoms with Crippen LogP contribution in [0.15, 0.2) is 30.7 Å². The van der Waals surface area contributed by atoms with Crippen molar-refractivity contribution in [2.24, 2.45) is 0 Å². The molecule has 84 valence electrons. The Bertz CT molecular complexity index is 462. The third kappa shape index (κ3) is 2.21. The van der Waals surface area contributed by atoms with Crippen LogP contribution >= 0.6 is 0 Å². The van der Waals surface area contributed by atoms with Crippen molar-refractivity contribution in [3.05, 3.63) is 42.1 Å². The van der Waals surface area contributed by atoms with Crippen LogP contribution in [0.5, 0.6) is 0 Å². The number of nitrogens with one attached hydrogen (secondary N) is 1. The molecule has 1 N–H and O–H groups in total. The minimum absolute atomic E-state index is 0.808. The Labute approximate surface area is 95.4 Å². The van der Waals surface area contributed by atoms with Gasteiger partial charge >= 0.3 is 0 Å². The fraction of sp³-hybridized carbons (Fsp3) is 0.333. The summed E-state index contributed by atoms with van der Waals surface area (Å²) in [6, 6.07) is 4.05. The molecule has 0 saturated heterocycles. The highest BCUT2D eigenvalue weighted by atomic mass is 15.1. The van der Waals surface area contributed by atoms with E-state index in [0.717, 1.165) is 24.7 Å². The van der Waals surface area contributed by atoms with Crippen LogP contribution in [-0.4, -0.2) is 21.1 Å². The van der Waals surface area contributed by atoms with Crippen LogP contribution in [0.2, 0.25) is 0 Å². The molecule has 0 aromatic carbocycles. The maximum absolute atomic E-state index is 4.33. The first-order chi connectivity index (χ1) is 7.81. The number of hydrogen-bond donors (Lipinski definition) is 1. The fourth-order valence-electron chi connectivity index (χ4n) is 1.65. The predicted octanol–water partition coefficient (Wildman–Crippen LogP) is 2.07. The zero-order chi connectivity index (χ0) is 11.4. The van der Waals surface area contributed by atoms with Gasteiger partial charge in [0.2, 0.25) is 0 Å². The van der Waals surface area contributed by atoms with Crippen molar-refractivity contribution in [3.63, 3.8) is 0 Å². The summed E-state index contributed by atoms with van der Waals surface area (Å²) in [4.78, 5) is 8.54. The van der Waals surface area contributed by atoms with Crippen LogP contribution in [0.1, 0.15) is 18.3 Å². The van der Waals surface area contributed by atoms with E-state index in [9.17, 15) is 0 Å². The molecule has 0 amide bonds. The van der Waals surface area contributed by atoms with E-state index in [0.29, 0.717) is 0 Å². The molecule has 2 aromatic rings. The first kappa shape index (κ1) is 10.7. The van der Waals surface area contributed by atoms with Crippen molar-refractivity contribution < 1.29 is 0 Å². The molecular formula is C12H16N4. The summed E-state index contributed by atoms with van der Waals surface area (Å²) in [6.45, 7) is 5.76. The molecule has 16 heavy (non-hydrogen) atoms. The highest BCUT2D eigenvalue weighted by Gasteiger charge is 2.04. The van der Waals surface area contributed by atoms with E-state index in [2.05, 4.69) is 32.8 Å². The van der Waals surface area contributed by atoms with Crippen molar-refractivity contribution in [2.75, 3.05) is 11.9 Å². The molecule has 2 rings (SSSR count). The Hall–Kier alpha value is -1.84. The lowest BCUT2D eigenvalue weighted by Crippen LogP contribution is -2.07. The lowest BCUT2D eigenvalue weighted by atomic mass is 10.2. The largest absolute Gasteiger partial charge is 0.370 e. The highest BCUT2D eigenvalue weighted by Crippen LogP contribution is 2.13. The second kappa shape index (κ2) is 4.79. The maximum Gasteiger partial charge on any atom is 0.130 e. The minimum atomic E-state index is 0.808. The quantitative estimate of drug-likeness (QED) is 0.850. The molecule has 0 aliphatic carbocycles. The first-order valence-electron chi connectivity index (χ1n) is 5.46. The molecule has 0 fully saturated rings. The van der Waals surface area contributed by atoms with Crippen LogP contribution in [0.3, 0.4) is 0 Å². The predicted molar refractivity (Wildman–Crippen MR) is 64.5 cm³/mol. The number of imidazole rings is 1. The van der Waals surface area contributed by atoms with Gasteiger partial charge in [0.1, 0.15) is 11.6 Å². The van der Waals surface area contributed by atoms with Gasteiger partial charge in [-0.3, -0.25) is 0 Å². The number of aromatic nitrogens is 3. The van der Waals surface area contributed by atoms with Gasteiger partial charge in [0.05, 0.1) is 6.54 Å². The van der Waals surface area contributed by atoms with Crippen molar-refractivity contribution in [3.8, 4) is 0 Å². The zero-order valence-electron chi connectivity index (χ0n) is 9.64. The second-order valence-corrected chi connectivity index (χ2v) is 3.64. The third-order valence-corrected chi connectivity index (χ3v) is 2.50. The smallest absolute Gasteiger partial charge is 0.130 e. The number of anilines is 1. The van der Waals surface area contributed by atoms with E-state index in [-0.39, 0.29) is 0 Å². The molecule has 0 atom stereocenters. The van der Waals surface area contributed by atoms with Crippen LogP contribution in [0.25, 0.3) is 0 Å². The van der Waals surface area contributed by atoms with Crippen LogP contribution < -0.4 is 5.32 Å². The van der Waals surface area contributed by atoms with Crippen molar-refractivity contribution in [2.45, 2.75) is 20.4 Å². The summed E-state index contributed by atoms with van der Waals surface area (Å²) < 4.78 is 2.11. The van der Waals surface area contributed by atoms with E-state index < -0.39 is 0 Å². The van der Waals surface area contributed by atoms with E-state index in [1.54, 1.807) is 0 Å². The molecule has 4 nitrogen and oxygen atoms in total.